The van der Waals surface area contributed by atoms with Gasteiger partial charge in [-0.05, 0) is 24.6 Å². The largest absolute Gasteiger partial charge is 0.398 e. The standard InChI is InChI=1S/C10H8BrFN2/c1-5-6(11)4-7(12)10-9(5)8(13)2-3-14-10/h2-4H,1H3,(H2,13,14). The van der Waals surface area contributed by atoms with Crippen LogP contribution in [0.3, 0.4) is 0 Å². The number of rotatable bonds is 0. The lowest BCUT2D eigenvalue weighted by molar-refractivity contribution is 0.635. The van der Waals surface area contributed by atoms with Gasteiger partial charge in [-0.25, -0.2) is 4.39 Å². The Bertz CT molecular complexity index is 511. The molecule has 0 spiro atoms. The Morgan fingerprint density at radius 3 is 2.93 bits per heavy atom. The fraction of sp³-hybridized carbons (Fsp3) is 0.100. The van der Waals surface area contributed by atoms with E-state index >= 15 is 0 Å². The van der Waals surface area contributed by atoms with Crippen molar-refractivity contribution in [3.63, 3.8) is 0 Å². The van der Waals surface area contributed by atoms with Gasteiger partial charge in [0.1, 0.15) is 5.52 Å². The molecule has 4 heteroatoms. The van der Waals surface area contributed by atoms with Crippen molar-refractivity contribution in [3.05, 3.63) is 34.2 Å². The van der Waals surface area contributed by atoms with Gasteiger partial charge in [0.25, 0.3) is 0 Å². The molecule has 0 saturated carbocycles. The SMILES string of the molecule is Cc1c(Br)cc(F)c2nccc(N)c12. The summed E-state index contributed by atoms with van der Waals surface area (Å²) >= 11 is 3.28. The van der Waals surface area contributed by atoms with Crippen molar-refractivity contribution in [1.29, 1.82) is 0 Å². The van der Waals surface area contributed by atoms with Crippen LogP contribution in [0.5, 0.6) is 0 Å². The second-order valence-electron chi connectivity index (χ2n) is 3.09. The third-order valence-corrected chi connectivity index (χ3v) is 3.02. The number of nitrogens with zero attached hydrogens (tertiary/aromatic N) is 1. The van der Waals surface area contributed by atoms with Gasteiger partial charge < -0.3 is 5.73 Å². The highest BCUT2D eigenvalue weighted by Crippen LogP contribution is 2.30. The van der Waals surface area contributed by atoms with E-state index in [4.69, 9.17) is 5.73 Å². The molecule has 2 N–H and O–H groups in total. The van der Waals surface area contributed by atoms with E-state index in [2.05, 4.69) is 20.9 Å². The Balaban J connectivity index is 3.03. The fourth-order valence-electron chi connectivity index (χ4n) is 1.46. The average molecular weight is 255 g/mol. The number of nitrogens with two attached hydrogens (primary N) is 1. The van der Waals surface area contributed by atoms with E-state index in [1.165, 1.54) is 12.3 Å². The number of nitrogen functional groups attached to an aromatic ring is 1. The first-order valence-corrected chi connectivity index (χ1v) is 4.89. The molecule has 2 rings (SSSR count). The van der Waals surface area contributed by atoms with Crippen molar-refractivity contribution in [2.75, 3.05) is 5.73 Å². The molecular formula is C10H8BrFN2. The van der Waals surface area contributed by atoms with Crippen molar-refractivity contribution in [2.24, 2.45) is 0 Å². The maximum absolute atomic E-state index is 13.5. The van der Waals surface area contributed by atoms with Gasteiger partial charge in [0, 0.05) is 21.7 Å². The van der Waals surface area contributed by atoms with Gasteiger partial charge in [-0.3, -0.25) is 4.98 Å². The van der Waals surface area contributed by atoms with E-state index in [1.54, 1.807) is 6.07 Å². The van der Waals surface area contributed by atoms with Gasteiger partial charge >= 0.3 is 0 Å². The lowest BCUT2D eigenvalue weighted by atomic mass is 10.1. The first-order valence-electron chi connectivity index (χ1n) is 4.10. The van der Waals surface area contributed by atoms with Crippen LogP contribution in [-0.4, -0.2) is 4.98 Å². The molecule has 0 fully saturated rings. The molecule has 0 unspecified atom stereocenters. The Morgan fingerprint density at radius 1 is 1.50 bits per heavy atom. The van der Waals surface area contributed by atoms with E-state index in [-0.39, 0.29) is 5.82 Å². The summed E-state index contributed by atoms with van der Waals surface area (Å²) in [4.78, 5) is 3.97. The summed E-state index contributed by atoms with van der Waals surface area (Å²) in [6.07, 6.45) is 1.51. The van der Waals surface area contributed by atoms with E-state index in [1.807, 2.05) is 6.92 Å². The van der Waals surface area contributed by atoms with Crippen molar-refractivity contribution >= 4 is 32.5 Å². The highest BCUT2D eigenvalue weighted by molar-refractivity contribution is 9.10. The second-order valence-corrected chi connectivity index (χ2v) is 3.94. The Labute approximate surface area is 89.1 Å². The molecule has 2 aromatic rings. The second kappa shape index (κ2) is 3.20. The number of anilines is 1. The van der Waals surface area contributed by atoms with Gasteiger partial charge in [-0.1, -0.05) is 15.9 Å². The summed E-state index contributed by atoms with van der Waals surface area (Å²) in [5, 5.41) is 0.680. The molecule has 0 aliphatic carbocycles. The maximum Gasteiger partial charge on any atom is 0.150 e. The number of fused-ring (bicyclic) bond motifs is 1. The number of benzene rings is 1. The summed E-state index contributed by atoms with van der Waals surface area (Å²) in [5.41, 5.74) is 7.55. The Hall–Kier alpha value is -1.16. The molecule has 0 aliphatic rings. The van der Waals surface area contributed by atoms with Crippen LogP contribution in [0.15, 0.2) is 22.8 Å². The minimum atomic E-state index is -0.357. The summed E-state index contributed by atoms with van der Waals surface area (Å²) in [5.74, 6) is -0.357. The van der Waals surface area contributed by atoms with Crippen molar-refractivity contribution in [2.45, 2.75) is 6.92 Å². The Morgan fingerprint density at radius 2 is 2.21 bits per heavy atom. The third-order valence-electron chi connectivity index (χ3n) is 2.20. The first kappa shape index (κ1) is 9.40. The molecule has 0 radical (unpaired) electrons. The van der Waals surface area contributed by atoms with Crippen molar-refractivity contribution in [1.82, 2.24) is 4.98 Å². The average Bonchev–Trinajstić information content (AvgIpc) is 2.14. The highest BCUT2D eigenvalue weighted by atomic mass is 79.9. The van der Waals surface area contributed by atoms with E-state index in [0.29, 0.717) is 21.1 Å². The molecular weight excluding hydrogens is 247 g/mol. The number of aromatic nitrogens is 1. The molecule has 2 nitrogen and oxygen atoms in total. The lowest BCUT2D eigenvalue weighted by Gasteiger charge is -2.07. The zero-order chi connectivity index (χ0) is 10.3. The van der Waals surface area contributed by atoms with Gasteiger partial charge in [-0.15, -0.1) is 0 Å². The maximum atomic E-state index is 13.5. The summed E-state index contributed by atoms with van der Waals surface area (Å²) in [6, 6.07) is 3.07. The van der Waals surface area contributed by atoms with Crippen LogP contribution in [0.25, 0.3) is 10.9 Å². The van der Waals surface area contributed by atoms with Gasteiger partial charge in [0.05, 0.1) is 0 Å². The number of hydrogen-bond donors (Lipinski definition) is 1. The molecule has 1 heterocycles. The van der Waals surface area contributed by atoms with Crippen molar-refractivity contribution in [3.8, 4) is 0 Å². The molecule has 1 aromatic heterocycles. The molecule has 72 valence electrons. The molecule has 14 heavy (non-hydrogen) atoms. The summed E-state index contributed by atoms with van der Waals surface area (Å²) < 4.78 is 14.2. The van der Waals surface area contributed by atoms with Crippen LogP contribution in [0.1, 0.15) is 5.56 Å². The van der Waals surface area contributed by atoms with Crippen LogP contribution < -0.4 is 5.73 Å². The van der Waals surface area contributed by atoms with E-state index < -0.39 is 0 Å². The smallest absolute Gasteiger partial charge is 0.150 e. The lowest BCUT2D eigenvalue weighted by Crippen LogP contribution is -1.94. The topological polar surface area (TPSA) is 38.9 Å². The Kier molecular flexibility index (Phi) is 2.15. The number of pyridine rings is 1. The van der Waals surface area contributed by atoms with Gasteiger partial charge in [0.15, 0.2) is 5.82 Å². The minimum Gasteiger partial charge on any atom is -0.398 e. The van der Waals surface area contributed by atoms with Crippen LogP contribution >= 0.6 is 15.9 Å². The molecule has 0 bridgehead atoms. The molecule has 0 amide bonds. The van der Waals surface area contributed by atoms with Crippen molar-refractivity contribution < 1.29 is 4.39 Å². The fourth-order valence-corrected chi connectivity index (χ4v) is 1.86. The summed E-state index contributed by atoms with van der Waals surface area (Å²) in [6.45, 7) is 1.88. The first-order chi connectivity index (χ1) is 6.61. The highest BCUT2D eigenvalue weighted by Gasteiger charge is 2.10. The molecule has 0 aliphatic heterocycles. The number of hydrogen-bond acceptors (Lipinski definition) is 2. The van der Waals surface area contributed by atoms with Gasteiger partial charge in [0.2, 0.25) is 0 Å². The molecule has 0 saturated heterocycles. The van der Waals surface area contributed by atoms with Gasteiger partial charge in [-0.2, -0.15) is 0 Å². The number of aryl methyl sites for hydroxylation is 1. The van der Waals surface area contributed by atoms with E-state index in [0.717, 1.165) is 5.56 Å². The van der Waals surface area contributed by atoms with Crippen LogP contribution in [-0.2, 0) is 0 Å². The third kappa shape index (κ3) is 1.26. The zero-order valence-electron chi connectivity index (χ0n) is 7.51. The monoisotopic (exact) mass is 254 g/mol. The number of halogens is 2. The summed E-state index contributed by atoms with van der Waals surface area (Å²) in [7, 11) is 0. The minimum absolute atomic E-state index is 0.325. The zero-order valence-corrected chi connectivity index (χ0v) is 9.10. The van der Waals surface area contributed by atoms with Crippen LogP contribution in [0.4, 0.5) is 10.1 Å². The van der Waals surface area contributed by atoms with Crippen LogP contribution in [0.2, 0.25) is 0 Å². The predicted molar refractivity (Wildman–Crippen MR) is 58.6 cm³/mol. The normalized spacial score (nSPS) is 10.8. The quantitative estimate of drug-likeness (QED) is 0.785. The molecule has 0 atom stereocenters. The molecule has 1 aromatic carbocycles. The van der Waals surface area contributed by atoms with E-state index in [9.17, 15) is 4.39 Å². The van der Waals surface area contributed by atoms with Crippen LogP contribution in [0, 0.1) is 12.7 Å². The predicted octanol–water partition coefficient (Wildman–Crippen LogP) is 3.03.